The summed E-state index contributed by atoms with van der Waals surface area (Å²) in [7, 11) is 0. The maximum Gasteiger partial charge on any atom is 0.273 e. The molecule has 1 unspecified atom stereocenters. The van der Waals surface area contributed by atoms with Crippen LogP contribution in [0.1, 0.15) is 17.3 Å². The second kappa shape index (κ2) is 11.5. The molecule has 0 bridgehead atoms. The topological polar surface area (TPSA) is 111 Å². The summed E-state index contributed by atoms with van der Waals surface area (Å²) in [6, 6.07) is 9.97. The van der Waals surface area contributed by atoms with Crippen LogP contribution in [0.15, 0.2) is 54.9 Å². The Morgan fingerprint density at radius 1 is 1.20 bits per heavy atom. The predicted octanol–water partition coefficient (Wildman–Crippen LogP) is 3.96. The molecule has 1 N–H and O–H groups in total. The second-order valence-electron chi connectivity index (χ2n) is 8.82. The van der Waals surface area contributed by atoms with Crippen LogP contribution in [0.5, 0.6) is 5.75 Å². The van der Waals surface area contributed by atoms with Crippen LogP contribution in [-0.2, 0) is 11.1 Å². The van der Waals surface area contributed by atoms with Gasteiger partial charge in [0.25, 0.3) is 5.91 Å². The Hall–Kier alpha value is -4.23. The number of nitrogens with zero attached hydrogens (tertiary/aromatic N) is 4. The van der Waals surface area contributed by atoms with Crippen molar-refractivity contribution in [2.75, 3.05) is 41.9 Å². The molecule has 1 amide bonds. The number of rotatable bonds is 8. The normalized spacial score (nSPS) is 13.5. The highest BCUT2D eigenvalue weighted by Crippen LogP contribution is 2.36. The third kappa shape index (κ3) is 5.29. The van der Waals surface area contributed by atoms with Crippen LogP contribution in [0.2, 0.25) is 0 Å². The fraction of sp³-hybridized carbons (Fsp3) is 0.222. The van der Waals surface area contributed by atoms with Crippen LogP contribution in [0.4, 0.5) is 24.5 Å². The quantitative estimate of drug-likeness (QED) is 0.250. The van der Waals surface area contributed by atoms with E-state index in [0.29, 0.717) is 48.3 Å². The van der Waals surface area contributed by atoms with Gasteiger partial charge in [-0.2, -0.15) is 0 Å². The van der Waals surface area contributed by atoms with E-state index in [1.807, 2.05) is 6.07 Å². The number of para-hydroxylation sites is 2. The molecule has 13 heteroatoms. The number of hydrazine groups is 1. The van der Waals surface area contributed by atoms with Crippen molar-refractivity contribution in [2.24, 2.45) is 0 Å². The minimum absolute atomic E-state index is 0.0347. The van der Waals surface area contributed by atoms with Crippen LogP contribution in [-0.4, -0.2) is 56.6 Å². The number of nitrogens with one attached hydrogen (secondary N) is 1. The van der Waals surface area contributed by atoms with Crippen molar-refractivity contribution in [1.29, 1.82) is 0 Å². The number of benzene rings is 2. The molecule has 4 aromatic rings. The summed E-state index contributed by atoms with van der Waals surface area (Å²) in [6.45, 7) is 2.82. The first-order valence-corrected chi connectivity index (χ1v) is 13.6. The lowest BCUT2D eigenvalue weighted by Crippen LogP contribution is -2.47. The fourth-order valence-electron chi connectivity index (χ4n) is 4.62. The average molecular weight is 571 g/mol. The largest absolute Gasteiger partial charge is 0.772 e. The molecular formula is C27H23F3N5O4S-. The zero-order chi connectivity index (χ0) is 28.4. The van der Waals surface area contributed by atoms with Crippen molar-refractivity contribution in [3.05, 3.63) is 77.9 Å². The Labute approximate surface area is 229 Å². The summed E-state index contributed by atoms with van der Waals surface area (Å²) in [5.74, 6) is -3.85. The number of anilines is 2. The maximum atomic E-state index is 14.8. The number of amides is 1. The van der Waals surface area contributed by atoms with Gasteiger partial charge in [0.15, 0.2) is 11.6 Å². The third-order valence-corrected chi connectivity index (χ3v) is 6.96. The molecule has 2 aromatic carbocycles. The highest BCUT2D eigenvalue weighted by atomic mass is 32.2. The number of pyridine rings is 2. The van der Waals surface area contributed by atoms with E-state index in [4.69, 9.17) is 4.74 Å². The van der Waals surface area contributed by atoms with Crippen molar-refractivity contribution in [3.63, 3.8) is 0 Å². The van der Waals surface area contributed by atoms with Crippen LogP contribution in [0, 0.1) is 17.5 Å². The Kier molecular flexibility index (Phi) is 7.85. The molecule has 9 nitrogen and oxygen atoms in total. The van der Waals surface area contributed by atoms with Gasteiger partial charge in [-0.1, -0.05) is 23.2 Å². The Morgan fingerprint density at radius 3 is 2.77 bits per heavy atom. The minimum atomic E-state index is -2.36. The molecule has 0 saturated heterocycles. The predicted molar refractivity (Wildman–Crippen MR) is 143 cm³/mol. The summed E-state index contributed by atoms with van der Waals surface area (Å²) in [5.41, 5.74) is 3.45. The molecule has 2 aromatic heterocycles. The first-order chi connectivity index (χ1) is 19.3. The smallest absolute Gasteiger partial charge is 0.273 e. The van der Waals surface area contributed by atoms with Gasteiger partial charge in [0, 0.05) is 48.3 Å². The van der Waals surface area contributed by atoms with Crippen LogP contribution < -0.4 is 20.1 Å². The Morgan fingerprint density at radius 2 is 2.00 bits per heavy atom. The number of hydrogen-bond acceptors (Lipinski definition) is 8. The molecule has 0 fully saturated rings. The molecule has 0 aliphatic carbocycles. The van der Waals surface area contributed by atoms with Crippen LogP contribution in [0.3, 0.4) is 0 Å². The second-order valence-corrected chi connectivity index (χ2v) is 9.84. The Bertz CT molecular complexity index is 1620. The highest BCUT2D eigenvalue weighted by molar-refractivity contribution is 7.79. The number of halogens is 3. The molecular weight excluding hydrogens is 547 g/mol. The van der Waals surface area contributed by atoms with Crippen molar-refractivity contribution in [2.45, 2.75) is 6.92 Å². The van der Waals surface area contributed by atoms with Crippen molar-refractivity contribution in [3.8, 4) is 17.0 Å². The highest BCUT2D eigenvalue weighted by Gasteiger charge is 2.26. The molecule has 40 heavy (non-hydrogen) atoms. The van der Waals surface area contributed by atoms with Gasteiger partial charge in [-0.05, 0) is 31.2 Å². The standard InChI is InChI=1S/C27H24F3N5O4S/c1-2-34(10-12-40(37)38)26-17-7-8-31-25(18-13-16(28)14-20(29)23(18)30)24(17)32-15-19(26)27(36)33-35-9-11-39-22-6-4-3-5-21(22)35/h3-8,13-15H,2,9-12H2,1H3,(H,33,36)(H,37,38)/p-1. The van der Waals surface area contributed by atoms with E-state index in [1.165, 1.54) is 18.5 Å². The summed E-state index contributed by atoms with van der Waals surface area (Å²) in [5, 5.41) is 1.96. The van der Waals surface area contributed by atoms with Crippen molar-refractivity contribution < 1.29 is 31.5 Å². The fourth-order valence-corrected chi connectivity index (χ4v) is 4.99. The van der Waals surface area contributed by atoms with Gasteiger partial charge >= 0.3 is 0 Å². The number of ether oxygens (including phenoxy) is 1. The molecule has 1 atom stereocenters. The number of hydrogen-bond donors (Lipinski definition) is 1. The van der Waals surface area contributed by atoms with E-state index < -0.39 is 40.0 Å². The first kappa shape index (κ1) is 27.3. The van der Waals surface area contributed by atoms with E-state index in [0.717, 1.165) is 6.07 Å². The summed E-state index contributed by atoms with van der Waals surface area (Å²) >= 11 is -2.36. The van der Waals surface area contributed by atoms with E-state index in [9.17, 15) is 26.7 Å². The number of fused-ring (bicyclic) bond motifs is 2. The van der Waals surface area contributed by atoms with E-state index in [1.54, 1.807) is 35.0 Å². The summed E-state index contributed by atoms with van der Waals surface area (Å²) in [6.07, 6.45) is 2.57. The number of carbonyl (C=O) groups excluding carboxylic acids is 1. The SMILES string of the molecule is CCN(CCS(=O)[O-])c1c(C(=O)NN2CCOc3ccccc32)cnc2c(-c3cc(F)cc(F)c3F)nccc12. The third-order valence-electron chi connectivity index (χ3n) is 6.44. The molecule has 5 rings (SSSR count). The Balaban J connectivity index is 1.65. The maximum absolute atomic E-state index is 14.8. The molecule has 208 valence electrons. The lowest BCUT2D eigenvalue weighted by molar-refractivity contribution is 0.0945. The van der Waals surface area contributed by atoms with Crippen LogP contribution >= 0.6 is 0 Å². The monoisotopic (exact) mass is 570 g/mol. The van der Waals surface area contributed by atoms with Crippen molar-refractivity contribution in [1.82, 2.24) is 15.4 Å². The molecule has 1 aliphatic rings. The van der Waals surface area contributed by atoms with Gasteiger partial charge in [0.1, 0.15) is 18.2 Å². The van der Waals surface area contributed by atoms with Crippen LogP contribution in [0.25, 0.3) is 22.2 Å². The molecule has 0 radical (unpaired) electrons. The molecule has 0 saturated carbocycles. The average Bonchev–Trinajstić information content (AvgIpc) is 2.95. The van der Waals surface area contributed by atoms with E-state index in [-0.39, 0.29) is 29.1 Å². The zero-order valence-electron chi connectivity index (χ0n) is 21.2. The zero-order valence-corrected chi connectivity index (χ0v) is 22.0. The lowest BCUT2D eigenvalue weighted by Gasteiger charge is -2.32. The minimum Gasteiger partial charge on any atom is -0.772 e. The number of carbonyl (C=O) groups is 1. The molecule has 0 spiro atoms. The molecule has 1 aliphatic heterocycles. The summed E-state index contributed by atoms with van der Waals surface area (Å²) < 4.78 is 71.3. The van der Waals surface area contributed by atoms with Gasteiger partial charge < -0.3 is 14.2 Å². The molecule has 3 heterocycles. The number of aromatic nitrogens is 2. The lowest BCUT2D eigenvalue weighted by atomic mass is 10.0. The van der Waals surface area contributed by atoms with Gasteiger partial charge in [-0.15, -0.1) is 0 Å². The van der Waals surface area contributed by atoms with Crippen molar-refractivity contribution >= 4 is 39.3 Å². The van der Waals surface area contributed by atoms with Gasteiger partial charge in [0.05, 0.1) is 34.7 Å². The summed E-state index contributed by atoms with van der Waals surface area (Å²) in [4.78, 5) is 23.9. The van der Waals surface area contributed by atoms with Gasteiger partial charge in [-0.25, -0.2) is 13.2 Å². The van der Waals surface area contributed by atoms with Gasteiger partial charge in [-0.3, -0.25) is 29.4 Å². The van der Waals surface area contributed by atoms with E-state index in [2.05, 4.69) is 15.4 Å². The first-order valence-electron chi connectivity index (χ1n) is 12.3. The van der Waals surface area contributed by atoms with Gasteiger partial charge in [0.2, 0.25) is 0 Å². The van der Waals surface area contributed by atoms with E-state index >= 15 is 0 Å².